The average Bonchev–Trinajstić information content (AvgIpc) is 2.85. The van der Waals surface area contributed by atoms with Gasteiger partial charge in [-0.15, -0.1) is 11.3 Å². The van der Waals surface area contributed by atoms with Crippen LogP contribution in [0.3, 0.4) is 0 Å². The molecule has 5 nitrogen and oxygen atoms in total. The average molecular weight is 292 g/mol. The number of aromatic nitrogens is 1. The zero-order chi connectivity index (χ0) is 14.4. The van der Waals surface area contributed by atoms with Gasteiger partial charge in [0.05, 0.1) is 20.1 Å². The summed E-state index contributed by atoms with van der Waals surface area (Å²) < 4.78 is 12.5. The van der Waals surface area contributed by atoms with E-state index < -0.39 is 0 Å². The van der Waals surface area contributed by atoms with E-state index in [2.05, 4.69) is 4.99 Å². The van der Waals surface area contributed by atoms with Crippen molar-refractivity contribution in [3.8, 4) is 11.5 Å². The summed E-state index contributed by atoms with van der Waals surface area (Å²) in [6.45, 7) is 0.276. The second kappa shape index (κ2) is 6.91. The molecule has 0 aliphatic heterocycles. The summed E-state index contributed by atoms with van der Waals surface area (Å²) in [6, 6.07) is 7.34. The van der Waals surface area contributed by atoms with Crippen LogP contribution in [-0.2, 0) is 11.8 Å². The lowest BCUT2D eigenvalue weighted by molar-refractivity contribution is -0.118. The number of ether oxygens (including phenoxy) is 2. The van der Waals surface area contributed by atoms with Gasteiger partial charge < -0.3 is 14.0 Å². The van der Waals surface area contributed by atoms with E-state index in [4.69, 9.17) is 9.47 Å². The number of para-hydroxylation sites is 2. The van der Waals surface area contributed by atoms with E-state index in [-0.39, 0.29) is 18.9 Å². The quantitative estimate of drug-likeness (QED) is 0.847. The van der Waals surface area contributed by atoms with Crippen LogP contribution in [0.25, 0.3) is 0 Å². The first-order chi connectivity index (χ1) is 9.70. The number of carbonyl (C=O) groups is 1. The standard InChI is InChI=1S/C14H16N2O3S/c1-16-8-10-20-14(16)15-13(17)7-9-19-12-6-4-3-5-11(12)18-2/h3-6,8,10H,7,9H2,1-2H3. The molecule has 2 aromatic rings. The van der Waals surface area contributed by atoms with Crippen LogP contribution >= 0.6 is 11.3 Å². The third kappa shape index (κ3) is 3.71. The molecule has 1 amide bonds. The van der Waals surface area contributed by atoms with Gasteiger partial charge in [-0.1, -0.05) is 12.1 Å². The van der Waals surface area contributed by atoms with E-state index in [0.29, 0.717) is 16.3 Å². The largest absolute Gasteiger partial charge is 0.493 e. The van der Waals surface area contributed by atoms with Crippen LogP contribution in [0.5, 0.6) is 11.5 Å². The normalized spacial score (nSPS) is 11.4. The molecule has 0 saturated heterocycles. The van der Waals surface area contributed by atoms with Crippen LogP contribution in [0.1, 0.15) is 6.42 Å². The molecule has 0 saturated carbocycles. The van der Waals surface area contributed by atoms with Crippen LogP contribution in [-0.4, -0.2) is 24.2 Å². The highest BCUT2D eigenvalue weighted by Gasteiger charge is 2.05. The second-order valence-electron chi connectivity index (χ2n) is 4.05. The molecule has 6 heteroatoms. The molecule has 0 fully saturated rings. The molecule has 0 spiro atoms. The first-order valence-electron chi connectivity index (χ1n) is 6.14. The molecule has 1 heterocycles. The highest BCUT2D eigenvalue weighted by atomic mass is 32.1. The molecule has 0 aliphatic carbocycles. The Balaban J connectivity index is 1.90. The van der Waals surface area contributed by atoms with Gasteiger partial charge in [0, 0.05) is 18.6 Å². The van der Waals surface area contributed by atoms with Crippen molar-refractivity contribution < 1.29 is 14.3 Å². The predicted octanol–water partition coefficient (Wildman–Crippen LogP) is 1.99. The van der Waals surface area contributed by atoms with Crippen molar-refractivity contribution >= 4 is 17.2 Å². The molecule has 0 N–H and O–H groups in total. The third-order valence-electron chi connectivity index (χ3n) is 2.62. The van der Waals surface area contributed by atoms with Crippen molar-refractivity contribution in [2.45, 2.75) is 6.42 Å². The lowest BCUT2D eigenvalue weighted by Gasteiger charge is -2.08. The number of hydrogen-bond donors (Lipinski definition) is 0. The van der Waals surface area contributed by atoms with Gasteiger partial charge in [0.15, 0.2) is 16.3 Å². The Kier molecular flexibility index (Phi) is 4.95. The Morgan fingerprint density at radius 2 is 2.10 bits per heavy atom. The number of methoxy groups -OCH3 is 1. The fourth-order valence-electron chi connectivity index (χ4n) is 1.58. The first-order valence-corrected chi connectivity index (χ1v) is 7.02. The number of nitrogens with zero attached hydrogens (tertiary/aromatic N) is 2. The molecule has 0 aliphatic rings. The third-order valence-corrected chi connectivity index (χ3v) is 3.47. The molecule has 20 heavy (non-hydrogen) atoms. The molecule has 0 unspecified atom stereocenters. The van der Waals surface area contributed by atoms with E-state index in [1.165, 1.54) is 11.3 Å². The topological polar surface area (TPSA) is 52.8 Å². The Labute approximate surface area is 121 Å². The molecule has 2 rings (SSSR count). The highest BCUT2D eigenvalue weighted by molar-refractivity contribution is 7.07. The maximum Gasteiger partial charge on any atom is 0.251 e. The molecule has 1 aromatic carbocycles. The molecule has 0 radical (unpaired) electrons. The zero-order valence-corrected chi connectivity index (χ0v) is 12.2. The number of rotatable bonds is 5. The Morgan fingerprint density at radius 3 is 2.75 bits per heavy atom. The lowest BCUT2D eigenvalue weighted by atomic mass is 10.3. The maximum atomic E-state index is 11.7. The van der Waals surface area contributed by atoms with E-state index >= 15 is 0 Å². The minimum atomic E-state index is -0.196. The lowest BCUT2D eigenvalue weighted by Crippen LogP contribution is -2.14. The molecular formula is C14H16N2O3S. The van der Waals surface area contributed by atoms with Crippen LogP contribution < -0.4 is 14.3 Å². The van der Waals surface area contributed by atoms with Gasteiger partial charge in [0.25, 0.3) is 5.91 Å². The molecule has 0 bridgehead atoms. The highest BCUT2D eigenvalue weighted by Crippen LogP contribution is 2.25. The summed E-state index contributed by atoms with van der Waals surface area (Å²) in [5.74, 6) is 1.09. The monoisotopic (exact) mass is 292 g/mol. The van der Waals surface area contributed by atoms with E-state index in [1.54, 1.807) is 13.2 Å². The van der Waals surface area contributed by atoms with Gasteiger partial charge in [0.2, 0.25) is 0 Å². The maximum absolute atomic E-state index is 11.7. The summed E-state index contributed by atoms with van der Waals surface area (Å²) in [4.78, 5) is 16.4. The minimum Gasteiger partial charge on any atom is -0.493 e. The van der Waals surface area contributed by atoms with Gasteiger partial charge in [0.1, 0.15) is 0 Å². The summed E-state index contributed by atoms with van der Waals surface area (Å²) in [6.07, 6.45) is 2.10. The number of aryl methyl sites for hydroxylation is 1. The van der Waals surface area contributed by atoms with Crippen molar-refractivity contribution in [2.75, 3.05) is 13.7 Å². The van der Waals surface area contributed by atoms with Crippen LogP contribution in [0.4, 0.5) is 0 Å². The van der Waals surface area contributed by atoms with Gasteiger partial charge in [-0.2, -0.15) is 4.99 Å². The van der Waals surface area contributed by atoms with E-state index in [0.717, 1.165) is 0 Å². The fourth-order valence-corrected chi connectivity index (χ4v) is 2.33. The minimum absolute atomic E-state index is 0.196. The van der Waals surface area contributed by atoms with E-state index in [9.17, 15) is 4.79 Å². The first kappa shape index (κ1) is 14.3. The fraction of sp³-hybridized carbons (Fsp3) is 0.286. The van der Waals surface area contributed by atoms with Gasteiger partial charge >= 0.3 is 0 Å². The Bertz CT molecular complexity index is 646. The van der Waals surface area contributed by atoms with Crippen molar-refractivity contribution in [3.63, 3.8) is 0 Å². The number of hydrogen-bond acceptors (Lipinski definition) is 4. The number of amides is 1. The number of benzene rings is 1. The van der Waals surface area contributed by atoms with Crippen molar-refractivity contribution in [1.82, 2.24) is 4.57 Å². The summed E-state index contributed by atoms with van der Waals surface area (Å²) in [7, 11) is 3.44. The van der Waals surface area contributed by atoms with Gasteiger partial charge in [-0.25, -0.2) is 0 Å². The van der Waals surface area contributed by atoms with Crippen LogP contribution in [0.2, 0.25) is 0 Å². The van der Waals surface area contributed by atoms with Crippen LogP contribution in [0, 0.1) is 0 Å². The van der Waals surface area contributed by atoms with Crippen molar-refractivity contribution in [2.24, 2.45) is 12.0 Å². The smallest absolute Gasteiger partial charge is 0.251 e. The zero-order valence-electron chi connectivity index (χ0n) is 11.4. The molecule has 106 valence electrons. The van der Waals surface area contributed by atoms with Crippen LogP contribution in [0.15, 0.2) is 40.8 Å². The van der Waals surface area contributed by atoms with Crippen molar-refractivity contribution in [3.05, 3.63) is 40.6 Å². The van der Waals surface area contributed by atoms with Gasteiger partial charge in [-0.3, -0.25) is 4.79 Å². The molecule has 0 atom stereocenters. The summed E-state index contributed by atoms with van der Waals surface area (Å²) in [5.41, 5.74) is 0. The van der Waals surface area contributed by atoms with Gasteiger partial charge in [-0.05, 0) is 12.1 Å². The van der Waals surface area contributed by atoms with E-state index in [1.807, 2.05) is 41.4 Å². The SMILES string of the molecule is COc1ccccc1OCCC(=O)N=c1sccn1C. The Morgan fingerprint density at radius 1 is 1.35 bits per heavy atom. The number of thiazole rings is 1. The molecule has 1 aromatic heterocycles. The summed E-state index contributed by atoms with van der Waals surface area (Å²) >= 11 is 1.43. The van der Waals surface area contributed by atoms with Crippen molar-refractivity contribution in [1.29, 1.82) is 0 Å². The second-order valence-corrected chi connectivity index (χ2v) is 4.92. The Hall–Kier alpha value is -2.08. The summed E-state index contributed by atoms with van der Waals surface area (Å²) in [5, 5.41) is 1.89. The number of carbonyl (C=O) groups excluding carboxylic acids is 1. The molecular weight excluding hydrogens is 276 g/mol. The predicted molar refractivity (Wildman–Crippen MR) is 77.0 cm³/mol.